The Morgan fingerprint density at radius 3 is 1.24 bits per heavy atom. The monoisotopic (exact) mass is 1040 g/mol. The Bertz CT molecular complexity index is 1810. The summed E-state index contributed by atoms with van der Waals surface area (Å²) < 4.78 is 28.3. The number of carboxylic acid groups (broad SMARTS) is 1. The largest absolute Gasteiger partial charge is 0.479 e. The first-order valence-corrected chi connectivity index (χ1v) is 28.2. The molecule has 6 atom stereocenters. The molecule has 420 valence electrons. The van der Waals surface area contributed by atoms with Crippen molar-refractivity contribution in [3.05, 3.63) is 134 Å². The van der Waals surface area contributed by atoms with Crippen LogP contribution in [0.5, 0.6) is 0 Å². The van der Waals surface area contributed by atoms with Crippen molar-refractivity contribution in [3.8, 4) is 0 Å². The van der Waals surface area contributed by atoms with Gasteiger partial charge in [0.2, 0.25) is 0 Å². The summed E-state index contributed by atoms with van der Waals surface area (Å²) in [4.78, 5) is 51.0. The quantitative estimate of drug-likeness (QED) is 0.0228. The molecule has 1 saturated heterocycles. The molecule has 0 aromatic carbocycles. The lowest BCUT2D eigenvalue weighted by Gasteiger charge is -2.40. The second-order valence-corrected chi connectivity index (χ2v) is 18.4. The molecular formula is C63H96O12. The SMILES string of the molecule is CC/C=C\C/C=C\C/C=C\C/C=C\CCCCCCC(=O)OCC(COC1OC(C(=O)O)C(O)C(O)C1OC(=O)CCCC/C=C\C/C=C\C/C=C\C/C=C\CC)OC(=O)CCCCC/C=C\C/C=C\C/C=C\CC. The highest BCUT2D eigenvalue weighted by Crippen LogP contribution is 2.26. The van der Waals surface area contributed by atoms with E-state index < -0.39 is 67.3 Å². The van der Waals surface area contributed by atoms with Gasteiger partial charge < -0.3 is 39.0 Å². The highest BCUT2D eigenvalue weighted by Gasteiger charge is 2.50. The number of aliphatic hydroxyl groups is 2. The first-order valence-electron chi connectivity index (χ1n) is 28.2. The Balaban J connectivity index is 2.77. The lowest BCUT2D eigenvalue weighted by Crippen LogP contribution is -2.61. The number of carbonyl (C=O) groups excluding carboxylic acids is 3. The van der Waals surface area contributed by atoms with Crippen LogP contribution in [0.2, 0.25) is 0 Å². The normalized spacial score (nSPS) is 19.2. The molecule has 0 bridgehead atoms. The van der Waals surface area contributed by atoms with Crippen molar-refractivity contribution in [3.63, 3.8) is 0 Å². The number of rotatable bonds is 45. The van der Waals surface area contributed by atoms with Gasteiger partial charge in [0.15, 0.2) is 24.6 Å². The average Bonchev–Trinajstić information content (AvgIpc) is 3.39. The molecule has 1 fully saturated rings. The van der Waals surface area contributed by atoms with Crippen molar-refractivity contribution >= 4 is 23.9 Å². The smallest absolute Gasteiger partial charge is 0.335 e. The van der Waals surface area contributed by atoms with Crippen LogP contribution in [0, 0.1) is 0 Å². The van der Waals surface area contributed by atoms with Gasteiger partial charge in [0.1, 0.15) is 18.8 Å². The van der Waals surface area contributed by atoms with E-state index in [4.69, 9.17) is 23.7 Å². The van der Waals surface area contributed by atoms with Gasteiger partial charge in [-0.2, -0.15) is 0 Å². The summed E-state index contributed by atoms with van der Waals surface area (Å²) in [6, 6.07) is 0. The molecule has 12 heteroatoms. The topological polar surface area (TPSA) is 175 Å². The van der Waals surface area contributed by atoms with E-state index in [1.165, 1.54) is 0 Å². The van der Waals surface area contributed by atoms with E-state index >= 15 is 0 Å². The van der Waals surface area contributed by atoms with E-state index in [1.54, 1.807) is 0 Å². The summed E-state index contributed by atoms with van der Waals surface area (Å²) in [5.74, 6) is -3.27. The van der Waals surface area contributed by atoms with Gasteiger partial charge in [-0.1, -0.05) is 174 Å². The number of unbranched alkanes of at least 4 members (excludes halogenated alkanes) is 9. The van der Waals surface area contributed by atoms with Gasteiger partial charge in [0.05, 0.1) is 6.61 Å². The number of aliphatic carboxylic acids is 1. The van der Waals surface area contributed by atoms with Gasteiger partial charge in [0, 0.05) is 19.3 Å². The van der Waals surface area contributed by atoms with Crippen LogP contribution < -0.4 is 0 Å². The molecule has 1 aliphatic heterocycles. The number of esters is 3. The van der Waals surface area contributed by atoms with Crippen LogP contribution in [0.1, 0.15) is 188 Å². The minimum atomic E-state index is -1.93. The Morgan fingerprint density at radius 2 is 0.800 bits per heavy atom. The molecule has 0 radical (unpaired) electrons. The maximum absolute atomic E-state index is 13.1. The molecule has 1 aliphatic rings. The van der Waals surface area contributed by atoms with Crippen molar-refractivity contribution < 1.29 is 58.2 Å². The third kappa shape index (κ3) is 39.9. The third-order valence-electron chi connectivity index (χ3n) is 11.7. The first-order chi connectivity index (χ1) is 36.6. The Labute approximate surface area is 451 Å². The second-order valence-electron chi connectivity index (χ2n) is 18.4. The molecule has 75 heavy (non-hydrogen) atoms. The van der Waals surface area contributed by atoms with E-state index in [0.717, 1.165) is 122 Å². The van der Waals surface area contributed by atoms with E-state index in [-0.39, 0.29) is 25.9 Å². The standard InChI is InChI=1S/C63H96O12/c1-4-7-10-13-16-19-22-25-27-28-30-32-34-37-40-43-46-49-55(64)71-52-54(73-56(65)50-47-44-41-38-35-31-24-21-18-15-12-9-6-3)53-72-63-61(59(68)58(67)60(75-63)62(69)70)74-57(66)51-48-45-42-39-36-33-29-26-23-20-17-14-11-8-5-2/h7-12,16-21,25-27,29-32,35-36,39,54,58-61,63,67-68H,4-6,13-15,22-24,28,33-34,37-38,40-53H2,1-3H3,(H,69,70)/b10-7-,11-8-,12-9-,19-16-,20-17-,21-18-,27-25-,29-26-,32-30-,35-31-,39-36-. The van der Waals surface area contributed by atoms with Crippen LogP contribution in [-0.2, 0) is 42.9 Å². The third-order valence-corrected chi connectivity index (χ3v) is 11.7. The van der Waals surface area contributed by atoms with E-state index in [9.17, 15) is 34.5 Å². The van der Waals surface area contributed by atoms with Gasteiger partial charge in [-0.25, -0.2) is 4.79 Å². The minimum Gasteiger partial charge on any atom is -0.479 e. The molecule has 0 aliphatic carbocycles. The van der Waals surface area contributed by atoms with E-state index in [1.807, 2.05) is 0 Å². The summed E-state index contributed by atoms with van der Waals surface area (Å²) >= 11 is 0. The Kier molecular flexibility index (Phi) is 45.0. The van der Waals surface area contributed by atoms with Crippen LogP contribution >= 0.6 is 0 Å². The highest BCUT2D eigenvalue weighted by molar-refractivity contribution is 5.74. The maximum atomic E-state index is 13.1. The molecule has 1 rings (SSSR count). The molecule has 6 unspecified atom stereocenters. The number of carbonyl (C=O) groups is 4. The van der Waals surface area contributed by atoms with Crippen molar-refractivity contribution in [1.29, 1.82) is 0 Å². The summed E-state index contributed by atoms with van der Waals surface area (Å²) in [7, 11) is 0. The second kappa shape index (κ2) is 49.7. The lowest BCUT2D eigenvalue weighted by atomic mass is 9.98. The van der Waals surface area contributed by atoms with E-state index in [2.05, 4.69) is 154 Å². The summed E-state index contributed by atoms with van der Waals surface area (Å²) in [5, 5.41) is 31.4. The van der Waals surface area contributed by atoms with Crippen molar-refractivity contribution in [1.82, 2.24) is 0 Å². The van der Waals surface area contributed by atoms with Crippen LogP contribution in [0.4, 0.5) is 0 Å². The predicted octanol–water partition coefficient (Wildman–Crippen LogP) is 14.2. The number of aliphatic hydroxyl groups excluding tert-OH is 2. The van der Waals surface area contributed by atoms with Crippen molar-refractivity contribution in [2.75, 3.05) is 13.2 Å². The molecule has 3 N–H and O–H groups in total. The summed E-state index contributed by atoms with van der Waals surface area (Å²) in [6.07, 6.45) is 57.2. The zero-order chi connectivity index (χ0) is 54.7. The fourth-order valence-electron chi connectivity index (χ4n) is 7.48. The maximum Gasteiger partial charge on any atom is 0.335 e. The average molecular weight is 1050 g/mol. The summed E-state index contributed by atoms with van der Waals surface area (Å²) in [6.45, 7) is 5.55. The molecule has 0 spiro atoms. The first kappa shape index (κ1) is 67.9. The van der Waals surface area contributed by atoms with Crippen LogP contribution in [0.25, 0.3) is 0 Å². The van der Waals surface area contributed by atoms with Crippen molar-refractivity contribution in [2.45, 2.75) is 225 Å². The molecule has 0 aromatic rings. The number of ether oxygens (including phenoxy) is 5. The van der Waals surface area contributed by atoms with Gasteiger partial charge >= 0.3 is 23.9 Å². The summed E-state index contributed by atoms with van der Waals surface area (Å²) in [5.41, 5.74) is 0. The molecule has 1 heterocycles. The van der Waals surface area contributed by atoms with Gasteiger partial charge in [0.25, 0.3) is 0 Å². The fourth-order valence-corrected chi connectivity index (χ4v) is 7.48. The zero-order valence-electron chi connectivity index (χ0n) is 46.0. The van der Waals surface area contributed by atoms with Crippen LogP contribution in [-0.4, -0.2) is 89.2 Å². The number of allylic oxidation sites excluding steroid dienone is 22. The zero-order valence-corrected chi connectivity index (χ0v) is 46.0. The minimum absolute atomic E-state index is 0.00573. The predicted molar refractivity (Wildman–Crippen MR) is 303 cm³/mol. The Hall–Kier alpha value is -5.14. The highest BCUT2D eigenvalue weighted by atomic mass is 16.7. The number of hydrogen-bond donors (Lipinski definition) is 3. The van der Waals surface area contributed by atoms with Crippen LogP contribution in [0.3, 0.4) is 0 Å². The van der Waals surface area contributed by atoms with Crippen molar-refractivity contribution in [2.24, 2.45) is 0 Å². The van der Waals surface area contributed by atoms with Gasteiger partial charge in [-0.3, -0.25) is 14.4 Å². The van der Waals surface area contributed by atoms with E-state index in [0.29, 0.717) is 25.7 Å². The Morgan fingerprint density at radius 1 is 0.440 bits per heavy atom. The number of hydrogen-bond acceptors (Lipinski definition) is 11. The fraction of sp³-hybridized carbons (Fsp3) is 0.587. The molecule has 0 saturated carbocycles. The van der Waals surface area contributed by atoms with Crippen LogP contribution in [0.15, 0.2) is 134 Å². The molecule has 0 aromatic heterocycles. The lowest BCUT2D eigenvalue weighted by molar-refractivity contribution is -0.301. The van der Waals surface area contributed by atoms with Gasteiger partial charge in [-0.05, 0) is 128 Å². The molecule has 0 amide bonds. The molecular weight excluding hydrogens is 949 g/mol. The molecule has 12 nitrogen and oxygen atoms in total. The van der Waals surface area contributed by atoms with Gasteiger partial charge in [-0.15, -0.1) is 0 Å². The number of carboxylic acids is 1.